The number of aryl methyl sites for hydroxylation is 2. The Hall–Kier alpha value is -2.43. The zero-order chi connectivity index (χ0) is 12.9. The summed E-state index contributed by atoms with van der Waals surface area (Å²) in [6.45, 7) is 0. The maximum atomic E-state index is 9.55. The van der Waals surface area contributed by atoms with Crippen molar-refractivity contribution in [2.24, 2.45) is 14.1 Å². The summed E-state index contributed by atoms with van der Waals surface area (Å²) in [4.78, 5) is 0. The highest BCUT2D eigenvalue weighted by Crippen LogP contribution is 2.34. The van der Waals surface area contributed by atoms with Crippen molar-refractivity contribution in [3.8, 4) is 17.0 Å². The van der Waals surface area contributed by atoms with Gasteiger partial charge < -0.3 is 15.4 Å². The van der Waals surface area contributed by atoms with Gasteiger partial charge in [0.15, 0.2) is 0 Å². The molecule has 0 amide bonds. The number of phenols is 1. The van der Waals surface area contributed by atoms with Crippen LogP contribution in [0.1, 0.15) is 0 Å². The molecule has 3 aromatic rings. The number of nitrogens with zero attached hydrogens (tertiary/aromatic N) is 3. The van der Waals surface area contributed by atoms with Crippen molar-refractivity contribution in [2.75, 3.05) is 5.73 Å². The van der Waals surface area contributed by atoms with Gasteiger partial charge in [-0.1, -0.05) is 0 Å². The fourth-order valence-electron chi connectivity index (χ4n) is 2.35. The molecule has 0 fully saturated rings. The standard InChI is InChI=1S/C13H14N4O/c1-16-7-10(13-11(14)6-15-17(13)2)9-4-3-8(18)5-12(9)16/h3-7,18H,14H2,1-2H3. The summed E-state index contributed by atoms with van der Waals surface area (Å²) in [7, 11) is 3.81. The van der Waals surface area contributed by atoms with Gasteiger partial charge in [0.1, 0.15) is 5.75 Å². The van der Waals surface area contributed by atoms with Crippen molar-refractivity contribution < 1.29 is 5.11 Å². The van der Waals surface area contributed by atoms with Gasteiger partial charge in [-0.2, -0.15) is 5.10 Å². The fraction of sp³-hybridized carbons (Fsp3) is 0.154. The van der Waals surface area contributed by atoms with Gasteiger partial charge in [0.25, 0.3) is 0 Å². The summed E-state index contributed by atoms with van der Waals surface area (Å²) in [6.07, 6.45) is 3.64. The van der Waals surface area contributed by atoms with Gasteiger partial charge in [-0.3, -0.25) is 4.68 Å². The highest BCUT2D eigenvalue weighted by Gasteiger charge is 2.14. The number of anilines is 1. The lowest BCUT2D eigenvalue weighted by Gasteiger charge is -2.02. The molecule has 0 bridgehead atoms. The molecular weight excluding hydrogens is 228 g/mol. The van der Waals surface area contributed by atoms with Crippen LogP contribution in [0.3, 0.4) is 0 Å². The first-order valence-corrected chi connectivity index (χ1v) is 5.64. The maximum absolute atomic E-state index is 9.55. The first-order valence-electron chi connectivity index (χ1n) is 5.64. The van der Waals surface area contributed by atoms with E-state index >= 15 is 0 Å². The molecule has 0 radical (unpaired) electrons. The number of aromatic hydroxyl groups is 1. The van der Waals surface area contributed by atoms with Crippen LogP contribution >= 0.6 is 0 Å². The topological polar surface area (TPSA) is 69.0 Å². The van der Waals surface area contributed by atoms with Gasteiger partial charge in [0.05, 0.1) is 23.1 Å². The maximum Gasteiger partial charge on any atom is 0.117 e. The molecule has 0 saturated heterocycles. The molecule has 0 aliphatic rings. The normalized spacial score (nSPS) is 11.2. The third kappa shape index (κ3) is 1.37. The van der Waals surface area contributed by atoms with Gasteiger partial charge in [0.2, 0.25) is 0 Å². The zero-order valence-electron chi connectivity index (χ0n) is 10.3. The van der Waals surface area contributed by atoms with Crippen LogP contribution in [0.4, 0.5) is 5.69 Å². The van der Waals surface area contributed by atoms with E-state index in [4.69, 9.17) is 5.73 Å². The van der Waals surface area contributed by atoms with Crippen molar-refractivity contribution in [2.45, 2.75) is 0 Å². The molecule has 92 valence electrons. The second-order valence-electron chi connectivity index (χ2n) is 4.43. The van der Waals surface area contributed by atoms with Crippen molar-refractivity contribution >= 4 is 16.6 Å². The van der Waals surface area contributed by atoms with Crippen LogP contribution < -0.4 is 5.73 Å². The molecule has 1 aromatic carbocycles. The Morgan fingerprint density at radius 2 is 2.06 bits per heavy atom. The Labute approximate surface area is 104 Å². The SMILES string of the molecule is Cn1ncc(N)c1-c1cn(C)c2cc(O)ccc12. The average molecular weight is 242 g/mol. The summed E-state index contributed by atoms with van der Waals surface area (Å²) in [6, 6.07) is 5.32. The summed E-state index contributed by atoms with van der Waals surface area (Å²) in [5.74, 6) is 0.258. The molecule has 18 heavy (non-hydrogen) atoms. The minimum atomic E-state index is 0.258. The lowest BCUT2D eigenvalue weighted by molar-refractivity contribution is 0.476. The molecule has 2 aromatic heterocycles. The number of nitrogens with two attached hydrogens (primary N) is 1. The Morgan fingerprint density at radius 3 is 2.72 bits per heavy atom. The second-order valence-corrected chi connectivity index (χ2v) is 4.43. The number of benzene rings is 1. The first-order chi connectivity index (χ1) is 8.58. The number of hydrogen-bond donors (Lipinski definition) is 2. The van der Waals surface area contributed by atoms with Crippen LogP contribution in [0.2, 0.25) is 0 Å². The predicted octanol–water partition coefficient (Wildman–Crippen LogP) is 1.87. The lowest BCUT2D eigenvalue weighted by Crippen LogP contribution is -1.95. The molecule has 0 aliphatic heterocycles. The van der Waals surface area contributed by atoms with E-state index in [1.54, 1.807) is 23.0 Å². The molecule has 0 spiro atoms. The molecular formula is C13H14N4O. The molecule has 2 heterocycles. The van der Waals surface area contributed by atoms with Crippen LogP contribution in [-0.4, -0.2) is 19.5 Å². The minimum absolute atomic E-state index is 0.258. The molecule has 3 N–H and O–H groups in total. The van der Waals surface area contributed by atoms with E-state index in [9.17, 15) is 5.11 Å². The highest BCUT2D eigenvalue weighted by atomic mass is 16.3. The quantitative estimate of drug-likeness (QED) is 0.684. The van der Waals surface area contributed by atoms with Crippen LogP contribution in [0.5, 0.6) is 5.75 Å². The van der Waals surface area contributed by atoms with Crippen molar-refractivity contribution in [1.82, 2.24) is 14.3 Å². The van der Waals surface area contributed by atoms with E-state index < -0.39 is 0 Å². The Bertz CT molecular complexity index is 719. The second kappa shape index (κ2) is 3.53. The molecule has 5 heteroatoms. The van der Waals surface area contributed by atoms with Crippen LogP contribution in [0.15, 0.2) is 30.6 Å². The van der Waals surface area contributed by atoms with Crippen LogP contribution in [-0.2, 0) is 14.1 Å². The largest absolute Gasteiger partial charge is 0.508 e. The van der Waals surface area contributed by atoms with Crippen LogP contribution in [0, 0.1) is 0 Å². The van der Waals surface area contributed by atoms with E-state index in [0.717, 1.165) is 22.2 Å². The smallest absolute Gasteiger partial charge is 0.117 e. The lowest BCUT2D eigenvalue weighted by atomic mass is 10.1. The van der Waals surface area contributed by atoms with E-state index in [2.05, 4.69) is 5.10 Å². The highest BCUT2D eigenvalue weighted by molar-refractivity contribution is 5.98. The van der Waals surface area contributed by atoms with Gasteiger partial charge in [-0.05, 0) is 12.1 Å². The molecule has 0 saturated carbocycles. The summed E-state index contributed by atoms with van der Waals surface area (Å²) < 4.78 is 3.73. The van der Waals surface area contributed by atoms with E-state index in [0.29, 0.717) is 5.69 Å². The molecule has 0 atom stereocenters. The predicted molar refractivity (Wildman–Crippen MR) is 71.2 cm³/mol. The summed E-state index contributed by atoms with van der Waals surface area (Å²) in [5.41, 5.74) is 9.49. The van der Waals surface area contributed by atoms with Crippen molar-refractivity contribution in [3.63, 3.8) is 0 Å². The fourth-order valence-corrected chi connectivity index (χ4v) is 2.35. The van der Waals surface area contributed by atoms with E-state index in [-0.39, 0.29) is 5.75 Å². The van der Waals surface area contributed by atoms with Crippen molar-refractivity contribution in [1.29, 1.82) is 0 Å². The number of hydrogen-bond acceptors (Lipinski definition) is 3. The van der Waals surface area contributed by atoms with E-state index in [1.165, 1.54) is 0 Å². The molecule has 3 rings (SSSR count). The van der Waals surface area contributed by atoms with Gasteiger partial charge >= 0.3 is 0 Å². The minimum Gasteiger partial charge on any atom is -0.508 e. The number of phenolic OH excluding ortho intramolecular Hbond substituents is 1. The van der Waals surface area contributed by atoms with E-state index in [1.807, 2.05) is 30.9 Å². The van der Waals surface area contributed by atoms with Crippen LogP contribution in [0.25, 0.3) is 22.2 Å². The van der Waals surface area contributed by atoms with Gasteiger partial charge in [0, 0.05) is 37.3 Å². The molecule has 0 unspecified atom stereocenters. The van der Waals surface area contributed by atoms with Gasteiger partial charge in [-0.25, -0.2) is 0 Å². The Balaban J connectivity index is 2.37. The Kier molecular flexibility index (Phi) is 2.10. The van der Waals surface area contributed by atoms with Gasteiger partial charge in [-0.15, -0.1) is 0 Å². The number of aromatic nitrogens is 3. The average Bonchev–Trinajstić information content (AvgIpc) is 2.81. The molecule has 0 aliphatic carbocycles. The zero-order valence-corrected chi connectivity index (χ0v) is 10.3. The third-order valence-corrected chi connectivity index (χ3v) is 3.20. The third-order valence-electron chi connectivity index (χ3n) is 3.20. The number of fused-ring (bicyclic) bond motifs is 1. The number of nitrogen functional groups attached to an aromatic ring is 1. The van der Waals surface area contributed by atoms with Crippen molar-refractivity contribution in [3.05, 3.63) is 30.6 Å². The number of rotatable bonds is 1. The Morgan fingerprint density at radius 1 is 1.28 bits per heavy atom. The molecule has 5 nitrogen and oxygen atoms in total. The summed E-state index contributed by atoms with van der Waals surface area (Å²) in [5, 5.41) is 14.8. The summed E-state index contributed by atoms with van der Waals surface area (Å²) >= 11 is 0. The first kappa shape index (κ1) is 10.7. The monoisotopic (exact) mass is 242 g/mol.